The first-order valence-electron chi connectivity index (χ1n) is 6.76. The summed E-state index contributed by atoms with van der Waals surface area (Å²) in [7, 11) is 0. The summed E-state index contributed by atoms with van der Waals surface area (Å²) in [6, 6.07) is 3.99. The van der Waals surface area contributed by atoms with Crippen molar-refractivity contribution in [1.82, 2.24) is 0 Å². The van der Waals surface area contributed by atoms with Crippen LogP contribution in [-0.2, 0) is 4.79 Å². The van der Waals surface area contributed by atoms with Crippen LogP contribution in [0.4, 0.5) is 10.1 Å². The van der Waals surface area contributed by atoms with E-state index in [1.54, 1.807) is 0 Å². The molecule has 19 heavy (non-hydrogen) atoms. The highest BCUT2D eigenvalue weighted by atomic mass is 19.1. The molecule has 104 valence electrons. The molecule has 3 nitrogen and oxygen atoms in total. The average molecular weight is 265 g/mol. The predicted molar refractivity (Wildman–Crippen MR) is 72.3 cm³/mol. The van der Waals surface area contributed by atoms with Gasteiger partial charge in [-0.25, -0.2) is 4.39 Å². The zero-order valence-electron chi connectivity index (χ0n) is 11.1. The summed E-state index contributed by atoms with van der Waals surface area (Å²) in [5.74, 6) is -1.33. The van der Waals surface area contributed by atoms with Crippen LogP contribution in [0.2, 0.25) is 0 Å². The molecular weight excluding hydrogens is 245 g/mol. The van der Waals surface area contributed by atoms with Crippen molar-refractivity contribution in [1.29, 1.82) is 0 Å². The predicted octanol–water partition coefficient (Wildman–Crippen LogP) is 3.40. The van der Waals surface area contributed by atoms with Crippen LogP contribution in [0.15, 0.2) is 18.2 Å². The van der Waals surface area contributed by atoms with Crippen molar-refractivity contribution >= 4 is 11.7 Å². The molecule has 1 atom stereocenters. The lowest BCUT2D eigenvalue weighted by Gasteiger charge is -2.31. The Morgan fingerprint density at radius 1 is 1.37 bits per heavy atom. The Balaban J connectivity index is 2.30. The molecule has 0 heterocycles. The van der Waals surface area contributed by atoms with Gasteiger partial charge in [0.05, 0.1) is 5.92 Å². The lowest BCUT2D eigenvalue weighted by atomic mass is 9.73. The van der Waals surface area contributed by atoms with Crippen LogP contribution in [0.1, 0.15) is 44.1 Å². The minimum atomic E-state index is -0.906. The molecule has 0 radical (unpaired) electrons. The maximum Gasteiger partial charge on any atom is 0.311 e. The summed E-state index contributed by atoms with van der Waals surface area (Å²) in [4.78, 5) is 11.6. The van der Waals surface area contributed by atoms with E-state index in [0.29, 0.717) is 17.2 Å². The van der Waals surface area contributed by atoms with Gasteiger partial charge in [-0.3, -0.25) is 4.79 Å². The van der Waals surface area contributed by atoms with E-state index in [-0.39, 0.29) is 5.92 Å². The topological polar surface area (TPSA) is 63.3 Å². The van der Waals surface area contributed by atoms with Crippen molar-refractivity contribution in [2.24, 2.45) is 11.8 Å². The maximum absolute atomic E-state index is 13.4. The molecular formula is C15H20FNO2. The quantitative estimate of drug-likeness (QED) is 0.823. The molecule has 1 aromatic rings. The third kappa shape index (κ3) is 3.06. The lowest BCUT2D eigenvalue weighted by molar-refractivity contribution is -0.140. The number of aliphatic carboxylic acids is 1. The average Bonchev–Trinajstić information content (AvgIpc) is 2.36. The largest absolute Gasteiger partial charge is 0.481 e. The number of carboxylic acids is 1. The van der Waals surface area contributed by atoms with E-state index in [1.807, 2.05) is 0 Å². The van der Waals surface area contributed by atoms with Gasteiger partial charge in [0.2, 0.25) is 0 Å². The summed E-state index contributed by atoms with van der Waals surface area (Å²) < 4.78 is 13.4. The number of benzene rings is 1. The standard InChI is InChI=1S/C15H20FNO2/c1-9-2-4-10(5-3-9)14(15(18)19)12-8-11(16)6-7-13(12)17/h6-10,14H,2-5,17H2,1H3,(H,18,19). The van der Waals surface area contributed by atoms with Crippen LogP contribution in [0.3, 0.4) is 0 Å². The van der Waals surface area contributed by atoms with Crippen LogP contribution in [0.25, 0.3) is 0 Å². The van der Waals surface area contributed by atoms with Crippen LogP contribution in [0.5, 0.6) is 0 Å². The molecule has 4 heteroatoms. The smallest absolute Gasteiger partial charge is 0.311 e. The van der Waals surface area contributed by atoms with Crippen LogP contribution in [0, 0.1) is 17.7 Å². The van der Waals surface area contributed by atoms with E-state index in [0.717, 1.165) is 25.7 Å². The van der Waals surface area contributed by atoms with Gasteiger partial charge in [0.15, 0.2) is 0 Å². The van der Waals surface area contributed by atoms with E-state index in [9.17, 15) is 14.3 Å². The minimum absolute atomic E-state index is 0.0535. The van der Waals surface area contributed by atoms with E-state index < -0.39 is 17.7 Å². The Bertz CT molecular complexity index is 467. The first-order valence-corrected chi connectivity index (χ1v) is 6.76. The van der Waals surface area contributed by atoms with E-state index >= 15 is 0 Å². The van der Waals surface area contributed by atoms with Gasteiger partial charge in [0.1, 0.15) is 5.82 Å². The monoisotopic (exact) mass is 265 g/mol. The molecule has 3 N–H and O–H groups in total. The normalized spacial score (nSPS) is 24.9. The van der Waals surface area contributed by atoms with Gasteiger partial charge in [0.25, 0.3) is 0 Å². The molecule has 1 saturated carbocycles. The minimum Gasteiger partial charge on any atom is -0.481 e. The fraction of sp³-hybridized carbons (Fsp3) is 0.533. The number of nitrogens with two attached hydrogens (primary N) is 1. The number of carboxylic acid groups (broad SMARTS) is 1. The number of anilines is 1. The van der Waals surface area contributed by atoms with Crippen molar-refractivity contribution in [2.45, 2.75) is 38.5 Å². The van der Waals surface area contributed by atoms with Crippen LogP contribution in [-0.4, -0.2) is 11.1 Å². The highest BCUT2D eigenvalue weighted by Crippen LogP contribution is 2.40. The number of nitrogen functional groups attached to an aromatic ring is 1. The first kappa shape index (κ1) is 13.8. The molecule has 1 aromatic carbocycles. The van der Waals surface area contributed by atoms with Gasteiger partial charge in [-0.2, -0.15) is 0 Å². The summed E-state index contributed by atoms with van der Waals surface area (Å²) in [6.07, 6.45) is 3.80. The number of hydrogen-bond acceptors (Lipinski definition) is 2. The lowest BCUT2D eigenvalue weighted by Crippen LogP contribution is -2.26. The third-order valence-corrected chi connectivity index (χ3v) is 4.18. The molecule has 0 aliphatic heterocycles. The molecule has 0 aromatic heterocycles. The van der Waals surface area contributed by atoms with Crippen LogP contribution >= 0.6 is 0 Å². The summed E-state index contributed by atoms with van der Waals surface area (Å²) in [6.45, 7) is 2.18. The number of rotatable bonds is 3. The van der Waals surface area contributed by atoms with Gasteiger partial charge >= 0.3 is 5.97 Å². The third-order valence-electron chi connectivity index (χ3n) is 4.18. The SMILES string of the molecule is CC1CCC(C(C(=O)O)c2cc(F)ccc2N)CC1. The van der Waals surface area contributed by atoms with Crippen molar-refractivity contribution in [3.05, 3.63) is 29.6 Å². The first-order chi connectivity index (χ1) is 8.99. The molecule has 1 aliphatic carbocycles. The Labute approximate surface area is 112 Å². The Kier molecular flexibility index (Phi) is 4.08. The molecule has 1 unspecified atom stereocenters. The van der Waals surface area contributed by atoms with E-state index in [2.05, 4.69) is 6.92 Å². The highest BCUT2D eigenvalue weighted by molar-refractivity contribution is 5.79. The second-order valence-electron chi connectivity index (χ2n) is 5.61. The Hall–Kier alpha value is -1.58. The molecule has 2 rings (SSSR count). The second-order valence-corrected chi connectivity index (χ2v) is 5.61. The Morgan fingerprint density at radius 2 is 2.00 bits per heavy atom. The van der Waals surface area contributed by atoms with Gasteiger partial charge in [-0.1, -0.05) is 19.8 Å². The Morgan fingerprint density at radius 3 is 2.58 bits per heavy atom. The van der Waals surface area contributed by atoms with Gasteiger partial charge < -0.3 is 10.8 Å². The van der Waals surface area contributed by atoms with Gasteiger partial charge in [-0.05, 0) is 48.4 Å². The van der Waals surface area contributed by atoms with Crippen molar-refractivity contribution < 1.29 is 14.3 Å². The van der Waals surface area contributed by atoms with Crippen LogP contribution < -0.4 is 5.73 Å². The zero-order valence-corrected chi connectivity index (χ0v) is 11.1. The molecule has 0 bridgehead atoms. The zero-order chi connectivity index (χ0) is 14.0. The summed E-state index contributed by atoms with van der Waals surface area (Å²) >= 11 is 0. The van der Waals surface area contributed by atoms with Crippen molar-refractivity contribution in [3.8, 4) is 0 Å². The fourth-order valence-corrected chi connectivity index (χ4v) is 3.02. The van der Waals surface area contributed by atoms with Gasteiger partial charge in [-0.15, -0.1) is 0 Å². The number of carbonyl (C=O) groups is 1. The molecule has 1 fully saturated rings. The second kappa shape index (κ2) is 5.59. The molecule has 1 aliphatic rings. The van der Waals surface area contributed by atoms with E-state index in [1.165, 1.54) is 18.2 Å². The van der Waals surface area contributed by atoms with Crippen molar-refractivity contribution in [2.75, 3.05) is 5.73 Å². The number of hydrogen-bond donors (Lipinski definition) is 2. The van der Waals surface area contributed by atoms with Gasteiger partial charge in [0, 0.05) is 5.69 Å². The molecule has 0 saturated heterocycles. The molecule has 0 amide bonds. The number of halogens is 1. The maximum atomic E-state index is 13.4. The van der Waals surface area contributed by atoms with Crippen molar-refractivity contribution in [3.63, 3.8) is 0 Å². The fourth-order valence-electron chi connectivity index (χ4n) is 3.02. The highest BCUT2D eigenvalue weighted by Gasteiger charge is 2.33. The van der Waals surface area contributed by atoms with E-state index in [4.69, 9.17) is 5.73 Å². The summed E-state index contributed by atoms with van der Waals surface area (Å²) in [5.41, 5.74) is 6.62. The molecule has 0 spiro atoms. The summed E-state index contributed by atoms with van der Waals surface area (Å²) in [5, 5.41) is 9.48.